The molecule has 3 unspecified atom stereocenters. The van der Waals surface area contributed by atoms with Gasteiger partial charge in [-0.1, -0.05) is 32.4 Å². The molecule has 1 aliphatic rings. The lowest BCUT2D eigenvalue weighted by molar-refractivity contribution is -0.145. The molecule has 1 aliphatic carbocycles. The first-order valence-corrected chi connectivity index (χ1v) is 6.47. The molecule has 0 saturated heterocycles. The summed E-state index contributed by atoms with van der Waals surface area (Å²) in [6.45, 7) is 8.32. The highest BCUT2D eigenvalue weighted by Crippen LogP contribution is 2.39. The number of aliphatic carboxylic acids is 1. The molecule has 0 aromatic rings. The molecule has 0 aromatic carbocycles. The van der Waals surface area contributed by atoms with Crippen LogP contribution >= 0.6 is 0 Å². The van der Waals surface area contributed by atoms with Crippen molar-refractivity contribution in [2.45, 2.75) is 52.4 Å². The van der Waals surface area contributed by atoms with E-state index in [1.807, 2.05) is 0 Å². The highest BCUT2D eigenvalue weighted by atomic mass is 16.4. The first kappa shape index (κ1) is 13.3. The summed E-state index contributed by atoms with van der Waals surface area (Å²) in [7, 11) is 0. The van der Waals surface area contributed by atoms with Crippen molar-refractivity contribution in [3.8, 4) is 0 Å². The van der Waals surface area contributed by atoms with Crippen LogP contribution < -0.4 is 0 Å². The van der Waals surface area contributed by atoms with Gasteiger partial charge in [0.25, 0.3) is 0 Å². The van der Waals surface area contributed by atoms with Gasteiger partial charge in [0, 0.05) is 0 Å². The second-order valence-corrected chi connectivity index (χ2v) is 5.10. The smallest absolute Gasteiger partial charge is 0.306 e. The van der Waals surface area contributed by atoms with Gasteiger partial charge in [0.15, 0.2) is 0 Å². The van der Waals surface area contributed by atoms with E-state index in [1.54, 1.807) is 0 Å². The molecule has 92 valence electrons. The van der Waals surface area contributed by atoms with Crippen molar-refractivity contribution in [1.82, 2.24) is 0 Å². The van der Waals surface area contributed by atoms with Crippen LogP contribution in [0.2, 0.25) is 0 Å². The highest BCUT2D eigenvalue weighted by Gasteiger charge is 2.34. The maximum atomic E-state index is 11.2. The lowest BCUT2D eigenvalue weighted by Gasteiger charge is -2.34. The molecular formula is C14H24O2. The summed E-state index contributed by atoms with van der Waals surface area (Å²) in [6.07, 6.45) is 6.08. The predicted octanol–water partition coefficient (Wildman–Crippen LogP) is 3.87. The van der Waals surface area contributed by atoms with E-state index in [0.29, 0.717) is 5.92 Å². The molecule has 0 aromatic heterocycles. The van der Waals surface area contributed by atoms with Gasteiger partial charge in [-0.25, -0.2) is 0 Å². The number of allylic oxidation sites excluding steroid dienone is 1. The van der Waals surface area contributed by atoms with E-state index in [0.717, 1.165) is 38.0 Å². The zero-order valence-corrected chi connectivity index (χ0v) is 10.5. The molecule has 0 aliphatic heterocycles. The summed E-state index contributed by atoms with van der Waals surface area (Å²) in [4.78, 5) is 11.2. The van der Waals surface area contributed by atoms with Crippen LogP contribution in [0.15, 0.2) is 12.2 Å². The Hall–Kier alpha value is -0.790. The quantitative estimate of drug-likeness (QED) is 0.720. The Labute approximate surface area is 98.7 Å². The van der Waals surface area contributed by atoms with Gasteiger partial charge < -0.3 is 5.11 Å². The van der Waals surface area contributed by atoms with Crippen molar-refractivity contribution in [3.05, 3.63) is 12.2 Å². The summed E-state index contributed by atoms with van der Waals surface area (Å²) < 4.78 is 0. The van der Waals surface area contributed by atoms with E-state index >= 15 is 0 Å². The average molecular weight is 224 g/mol. The van der Waals surface area contributed by atoms with Crippen LogP contribution in [-0.4, -0.2) is 11.1 Å². The van der Waals surface area contributed by atoms with Gasteiger partial charge >= 0.3 is 5.97 Å². The third-order valence-corrected chi connectivity index (χ3v) is 4.04. The number of carboxylic acids is 1. The lowest BCUT2D eigenvalue weighted by Crippen LogP contribution is -2.30. The van der Waals surface area contributed by atoms with E-state index in [9.17, 15) is 9.90 Å². The van der Waals surface area contributed by atoms with Gasteiger partial charge in [0.1, 0.15) is 0 Å². The van der Waals surface area contributed by atoms with Crippen LogP contribution in [0.1, 0.15) is 52.4 Å². The van der Waals surface area contributed by atoms with Crippen molar-refractivity contribution in [2.24, 2.45) is 17.8 Å². The van der Waals surface area contributed by atoms with Crippen molar-refractivity contribution < 1.29 is 9.90 Å². The normalized spacial score (nSPS) is 30.0. The highest BCUT2D eigenvalue weighted by molar-refractivity contribution is 5.70. The number of carboxylic acid groups (broad SMARTS) is 1. The maximum absolute atomic E-state index is 11.2. The summed E-state index contributed by atoms with van der Waals surface area (Å²) in [5.41, 5.74) is 1.20. The Kier molecular flexibility index (Phi) is 5.04. The van der Waals surface area contributed by atoms with Crippen molar-refractivity contribution >= 4 is 5.97 Å². The minimum atomic E-state index is -0.608. The van der Waals surface area contributed by atoms with Gasteiger partial charge in [0.05, 0.1) is 5.92 Å². The van der Waals surface area contributed by atoms with Gasteiger partial charge in [0.2, 0.25) is 0 Å². The molecule has 0 heterocycles. The summed E-state index contributed by atoms with van der Waals surface area (Å²) in [5, 5.41) is 9.22. The Morgan fingerprint density at radius 3 is 2.56 bits per heavy atom. The number of rotatable bonds is 5. The van der Waals surface area contributed by atoms with Crippen LogP contribution in [0.4, 0.5) is 0 Å². The first-order valence-electron chi connectivity index (χ1n) is 6.47. The van der Waals surface area contributed by atoms with Crippen molar-refractivity contribution in [3.63, 3.8) is 0 Å². The largest absolute Gasteiger partial charge is 0.481 e. The van der Waals surface area contributed by atoms with Gasteiger partial charge in [-0.2, -0.15) is 0 Å². The Bertz CT molecular complexity index is 257. The van der Waals surface area contributed by atoms with Gasteiger partial charge in [-0.05, 0) is 43.9 Å². The molecule has 0 amide bonds. The Morgan fingerprint density at radius 2 is 2.06 bits per heavy atom. The van der Waals surface area contributed by atoms with Crippen molar-refractivity contribution in [2.75, 3.05) is 0 Å². The van der Waals surface area contributed by atoms with Crippen molar-refractivity contribution in [1.29, 1.82) is 0 Å². The zero-order valence-electron chi connectivity index (χ0n) is 10.5. The van der Waals surface area contributed by atoms with Crippen LogP contribution in [-0.2, 0) is 4.79 Å². The fourth-order valence-electron chi connectivity index (χ4n) is 2.80. The minimum Gasteiger partial charge on any atom is -0.481 e. The van der Waals surface area contributed by atoms with Crippen LogP contribution in [0, 0.1) is 17.8 Å². The lowest BCUT2D eigenvalue weighted by atomic mass is 9.71. The van der Waals surface area contributed by atoms with E-state index < -0.39 is 5.97 Å². The molecule has 1 saturated carbocycles. The molecule has 3 atom stereocenters. The van der Waals surface area contributed by atoms with Crippen LogP contribution in [0.3, 0.4) is 0 Å². The summed E-state index contributed by atoms with van der Waals surface area (Å²) in [6, 6.07) is 0. The van der Waals surface area contributed by atoms with Gasteiger partial charge in [-0.15, -0.1) is 0 Å². The summed E-state index contributed by atoms with van der Waals surface area (Å²) in [5.74, 6) is 0.309. The number of carbonyl (C=O) groups is 1. The van der Waals surface area contributed by atoms with E-state index in [2.05, 4.69) is 20.4 Å². The Morgan fingerprint density at radius 1 is 1.38 bits per heavy atom. The van der Waals surface area contributed by atoms with Gasteiger partial charge in [-0.3, -0.25) is 4.79 Å². The summed E-state index contributed by atoms with van der Waals surface area (Å²) >= 11 is 0. The molecule has 1 N–H and O–H groups in total. The third kappa shape index (κ3) is 3.36. The van der Waals surface area contributed by atoms with E-state index in [-0.39, 0.29) is 5.92 Å². The molecular weight excluding hydrogens is 200 g/mol. The van der Waals surface area contributed by atoms with Crippen LogP contribution in [0.5, 0.6) is 0 Å². The monoisotopic (exact) mass is 224 g/mol. The van der Waals surface area contributed by atoms with E-state index in [4.69, 9.17) is 0 Å². The third-order valence-electron chi connectivity index (χ3n) is 4.04. The topological polar surface area (TPSA) is 37.3 Å². The SMILES string of the molecule is C=C(CC)CC1CC(CC)CCC1C(=O)O. The van der Waals surface area contributed by atoms with E-state index in [1.165, 1.54) is 12.0 Å². The Balaban J connectivity index is 2.63. The molecule has 2 heteroatoms. The molecule has 2 nitrogen and oxygen atoms in total. The fraction of sp³-hybridized carbons (Fsp3) is 0.786. The predicted molar refractivity (Wildman–Crippen MR) is 66.3 cm³/mol. The average Bonchev–Trinajstić information content (AvgIpc) is 2.28. The van der Waals surface area contributed by atoms with Crippen LogP contribution in [0.25, 0.3) is 0 Å². The second-order valence-electron chi connectivity index (χ2n) is 5.10. The maximum Gasteiger partial charge on any atom is 0.306 e. The second kappa shape index (κ2) is 6.07. The standard InChI is InChI=1S/C14H24O2/c1-4-10(3)8-12-9-11(5-2)6-7-13(12)14(15)16/h11-13H,3-9H2,1-2H3,(H,15,16). The minimum absolute atomic E-state index is 0.133. The number of hydrogen-bond acceptors (Lipinski definition) is 1. The molecule has 1 rings (SSSR count). The molecule has 0 spiro atoms. The first-order chi connectivity index (χ1) is 7.58. The molecule has 0 bridgehead atoms. The molecule has 1 fully saturated rings. The molecule has 0 radical (unpaired) electrons. The molecule has 16 heavy (non-hydrogen) atoms. The number of hydrogen-bond donors (Lipinski definition) is 1. The fourth-order valence-corrected chi connectivity index (χ4v) is 2.80. The zero-order chi connectivity index (χ0) is 12.1.